The number of para-hydroxylation sites is 2. The summed E-state index contributed by atoms with van der Waals surface area (Å²) >= 11 is 0. The number of oxime groups is 1. The van der Waals surface area contributed by atoms with Gasteiger partial charge in [-0.2, -0.15) is 0 Å². The smallest absolute Gasteiger partial charge is 0.285 e. The summed E-state index contributed by atoms with van der Waals surface area (Å²) in [5, 5.41) is 4.18. The van der Waals surface area contributed by atoms with Gasteiger partial charge in [-0.05, 0) is 36.2 Å². The standard InChI is InChI=1S/C22H18N2O2/c1-16-9-5-6-10-17(16)15-26-23-21-19-13-7-8-14-20(19)24(22(21)25)18-11-3-2-4-12-18/h2-14H,15H2,1H3/b23-21+. The second-order valence-corrected chi connectivity index (χ2v) is 6.13. The molecule has 1 heterocycles. The Hall–Kier alpha value is -3.40. The third-order valence-corrected chi connectivity index (χ3v) is 4.46. The number of rotatable bonds is 4. The zero-order valence-corrected chi connectivity index (χ0v) is 14.4. The Morgan fingerprint density at radius 1 is 0.885 bits per heavy atom. The highest BCUT2D eigenvalue weighted by molar-refractivity contribution is 6.55. The Morgan fingerprint density at radius 2 is 1.58 bits per heavy atom. The van der Waals surface area contributed by atoms with Crippen molar-refractivity contribution in [2.24, 2.45) is 5.16 Å². The van der Waals surface area contributed by atoms with E-state index in [4.69, 9.17) is 4.84 Å². The third-order valence-electron chi connectivity index (χ3n) is 4.46. The lowest BCUT2D eigenvalue weighted by Gasteiger charge is -2.16. The minimum absolute atomic E-state index is 0.179. The van der Waals surface area contributed by atoms with Crippen molar-refractivity contribution in [3.63, 3.8) is 0 Å². The Kier molecular flexibility index (Phi) is 4.23. The van der Waals surface area contributed by atoms with E-state index in [2.05, 4.69) is 5.16 Å². The number of amides is 1. The first-order valence-electron chi connectivity index (χ1n) is 8.49. The maximum absolute atomic E-state index is 13.0. The molecule has 0 unspecified atom stereocenters. The summed E-state index contributed by atoms with van der Waals surface area (Å²) in [4.78, 5) is 20.2. The summed E-state index contributed by atoms with van der Waals surface area (Å²) in [7, 11) is 0. The second-order valence-electron chi connectivity index (χ2n) is 6.13. The molecule has 3 aromatic rings. The molecule has 0 radical (unpaired) electrons. The molecule has 0 fully saturated rings. The second kappa shape index (κ2) is 6.84. The van der Waals surface area contributed by atoms with Gasteiger partial charge in [-0.1, -0.05) is 65.8 Å². The molecule has 0 saturated carbocycles. The van der Waals surface area contributed by atoms with Crippen LogP contribution in [-0.4, -0.2) is 11.6 Å². The van der Waals surface area contributed by atoms with Crippen LogP contribution in [-0.2, 0) is 16.2 Å². The highest BCUT2D eigenvalue weighted by Crippen LogP contribution is 2.35. The van der Waals surface area contributed by atoms with E-state index in [0.717, 1.165) is 28.1 Å². The lowest BCUT2D eigenvalue weighted by atomic mass is 10.1. The molecule has 26 heavy (non-hydrogen) atoms. The minimum atomic E-state index is -0.179. The van der Waals surface area contributed by atoms with E-state index >= 15 is 0 Å². The van der Waals surface area contributed by atoms with E-state index < -0.39 is 0 Å². The number of nitrogens with zero attached hydrogens (tertiary/aromatic N) is 2. The Labute approximate surface area is 152 Å². The first-order valence-corrected chi connectivity index (χ1v) is 8.49. The van der Waals surface area contributed by atoms with Crippen molar-refractivity contribution in [1.29, 1.82) is 0 Å². The van der Waals surface area contributed by atoms with Gasteiger partial charge >= 0.3 is 0 Å². The number of carbonyl (C=O) groups excluding carboxylic acids is 1. The quantitative estimate of drug-likeness (QED) is 0.651. The Bertz CT molecular complexity index is 980. The van der Waals surface area contributed by atoms with Gasteiger partial charge in [0, 0.05) is 11.3 Å². The van der Waals surface area contributed by atoms with Gasteiger partial charge in [0.1, 0.15) is 6.61 Å². The molecule has 0 aliphatic carbocycles. The molecule has 3 aromatic carbocycles. The van der Waals surface area contributed by atoms with E-state index in [1.54, 1.807) is 4.90 Å². The van der Waals surface area contributed by atoms with Crippen molar-refractivity contribution >= 4 is 23.0 Å². The van der Waals surface area contributed by atoms with Crippen molar-refractivity contribution in [2.75, 3.05) is 4.90 Å². The lowest BCUT2D eigenvalue weighted by molar-refractivity contribution is -0.111. The van der Waals surface area contributed by atoms with Crippen molar-refractivity contribution in [2.45, 2.75) is 13.5 Å². The van der Waals surface area contributed by atoms with E-state index in [0.29, 0.717) is 12.3 Å². The zero-order chi connectivity index (χ0) is 17.9. The molecular formula is C22H18N2O2. The highest BCUT2D eigenvalue weighted by Gasteiger charge is 2.35. The summed E-state index contributed by atoms with van der Waals surface area (Å²) < 4.78 is 0. The van der Waals surface area contributed by atoms with Crippen LogP contribution in [0.5, 0.6) is 0 Å². The SMILES string of the molecule is Cc1ccccc1CO/N=C1/C(=O)N(c2ccccc2)c2ccccc21. The van der Waals surface area contributed by atoms with Gasteiger partial charge in [-0.25, -0.2) is 0 Å². The number of benzene rings is 3. The lowest BCUT2D eigenvalue weighted by Crippen LogP contribution is -2.25. The van der Waals surface area contributed by atoms with Crippen LogP contribution in [0.3, 0.4) is 0 Å². The number of carbonyl (C=O) groups is 1. The molecule has 0 spiro atoms. The highest BCUT2D eigenvalue weighted by atomic mass is 16.6. The predicted octanol–water partition coefficient (Wildman–Crippen LogP) is 4.59. The van der Waals surface area contributed by atoms with Crippen LogP contribution in [0.2, 0.25) is 0 Å². The van der Waals surface area contributed by atoms with E-state index in [1.165, 1.54) is 0 Å². The Morgan fingerprint density at radius 3 is 2.38 bits per heavy atom. The number of aryl methyl sites for hydroxylation is 1. The van der Waals surface area contributed by atoms with Crippen molar-refractivity contribution in [3.8, 4) is 0 Å². The van der Waals surface area contributed by atoms with Crippen molar-refractivity contribution in [3.05, 3.63) is 95.6 Å². The topological polar surface area (TPSA) is 41.9 Å². The van der Waals surface area contributed by atoms with Crippen LogP contribution in [0, 0.1) is 6.92 Å². The van der Waals surface area contributed by atoms with Gasteiger partial charge in [0.25, 0.3) is 5.91 Å². The van der Waals surface area contributed by atoms with Crippen molar-refractivity contribution in [1.82, 2.24) is 0 Å². The number of hydrogen-bond acceptors (Lipinski definition) is 3. The normalized spacial score (nSPS) is 14.6. The van der Waals surface area contributed by atoms with E-state index in [1.807, 2.05) is 85.8 Å². The van der Waals surface area contributed by atoms with Gasteiger partial charge in [0.15, 0.2) is 5.71 Å². The fourth-order valence-corrected chi connectivity index (χ4v) is 3.06. The third kappa shape index (κ3) is 2.86. The molecular weight excluding hydrogens is 324 g/mol. The largest absolute Gasteiger partial charge is 0.390 e. The first-order chi connectivity index (χ1) is 12.8. The Balaban J connectivity index is 1.65. The maximum Gasteiger partial charge on any atom is 0.285 e. The van der Waals surface area contributed by atoms with Crippen LogP contribution in [0.25, 0.3) is 0 Å². The van der Waals surface area contributed by atoms with Crippen LogP contribution in [0.1, 0.15) is 16.7 Å². The monoisotopic (exact) mass is 342 g/mol. The molecule has 1 amide bonds. The van der Waals surface area contributed by atoms with Crippen LogP contribution < -0.4 is 4.90 Å². The predicted molar refractivity (Wildman–Crippen MR) is 103 cm³/mol. The van der Waals surface area contributed by atoms with Crippen LogP contribution in [0.15, 0.2) is 84.0 Å². The number of fused-ring (bicyclic) bond motifs is 1. The average molecular weight is 342 g/mol. The molecule has 1 aliphatic heterocycles. The van der Waals surface area contributed by atoms with Crippen LogP contribution in [0.4, 0.5) is 11.4 Å². The zero-order valence-electron chi connectivity index (χ0n) is 14.4. The van der Waals surface area contributed by atoms with Gasteiger partial charge in [-0.15, -0.1) is 0 Å². The van der Waals surface area contributed by atoms with E-state index in [9.17, 15) is 4.79 Å². The van der Waals surface area contributed by atoms with Crippen LogP contribution >= 0.6 is 0 Å². The molecule has 4 nitrogen and oxygen atoms in total. The average Bonchev–Trinajstić information content (AvgIpc) is 2.96. The van der Waals surface area contributed by atoms with Crippen molar-refractivity contribution < 1.29 is 9.63 Å². The summed E-state index contributed by atoms with van der Waals surface area (Å²) in [5.74, 6) is -0.179. The first kappa shape index (κ1) is 16.1. The fourth-order valence-electron chi connectivity index (χ4n) is 3.06. The summed E-state index contributed by atoms with van der Waals surface area (Å²) in [6, 6.07) is 25.2. The molecule has 0 bridgehead atoms. The summed E-state index contributed by atoms with van der Waals surface area (Å²) in [5.41, 5.74) is 4.94. The molecule has 4 heteroatoms. The molecule has 0 atom stereocenters. The number of hydrogen-bond donors (Lipinski definition) is 0. The van der Waals surface area contributed by atoms with Gasteiger partial charge < -0.3 is 4.84 Å². The molecule has 4 rings (SSSR count). The molecule has 1 aliphatic rings. The molecule has 0 N–H and O–H groups in total. The van der Waals surface area contributed by atoms with E-state index in [-0.39, 0.29) is 5.91 Å². The number of anilines is 2. The fraction of sp³-hybridized carbons (Fsp3) is 0.0909. The summed E-state index contributed by atoms with van der Waals surface area (Å²) in [6.45, 7) is 2.36. The maximum atomic E-state index is 13.0. The van der Waals surface area contributed by atoms with Gasteiger partial charge in [0.2, 0.25) is 0 Å². The van der Waals surface area contributed by atoms with Gasteiger partial charge in [0.05, 0.1) is 5.69 Å². The van der Waals surface area contributed by atoms with Gasteiger partial charge in [-0.3, -0.25) is 9.69 Å². The molecule has 128 valence electrons. The molecule has 0 saturated heterocycles. The minimum Gasteiger partial charge on any atom is -0.390 e. The molecule has 0 aromatic heterocycles. The summed E-state index contributed by atoms with van der Waals surface area (Å²) in [6.07, 6.45) is 0.